The normalized spacial score (nSPS) is 19.9. The number of aliphatic hydroxyl groups excluding tert-OH is 2. The lowest BCUT2D eigenvalue weighted by atomic mass is 10.5. The van der Waals surface area contributed by atoms with Crippen LogP contribution in [0, 0.1) is 0 Å². The molecule has 2 N–H and O–H groups in total. The Morgan fingerprint density at radius 3 is 1.36 bits per heavy atom. The van der Waals surface area contributed by atoms with Crippen LogP contribution < -0.4 is 0 Å². The number of ether oxygens (including phenoxy) is 2. The highest BCUT2D eigenvalue weighted by molar-refractivity contribution is 4.37. The molecule has 2 aliphatic rings. The van der Waals surface area contributed by atoms with E-state index in [1.807, 2.05) is 0 Å². The first-order valence-corrected chi connectivity index (χ1v) is 3.71. The van der Waals surface area contributed by atoms with Gasteiger partial charge in [-0.1, -0.05) is 0 Å². The largest absolute Gasteiger partial charge is 0.394 e. The van der Waals surface area contributed by atoms with Crippen LogP contribution in [0.4, 0.5) is 0 Å². The molecule has 1 atom stereocenters. The summed E-state index contributed by atoms with van der Waals surface area (Å²) in [5.74, 6) is 0. The fraction of sp³-hybridized carbons (Fsp3) is 1.00. The molecule has 2 fully saturated rings. The van der Waals surface area contributed by atoms with Gasteiger partial charge >= 0.3 is 0 Å². The molecule has 0 aromatic rings. The molecule has 0 spiro atoms. The monoisotopic (exact) mass is 164 g/mol. The predicted molar refractivity (Wildman–Crippen MR) is 40.4 cm³/mol. The van der Waals surface area contributed by atoms with Crippen molar-refractivity contribution in [3.05, 3.63) is 0 Å². The van der Waals surface area contributed by atoms with E-state index in [0.29, 0.717) is 0 Å². The van der Waals surface area contributed by atoms with Crippen molar-refractivity contribution in [2.45, 2.75) is 13.0 Å². The van der Waals surface area contributed by atoms with E-state index < -0.39 is 6.10 Å². The van der Waals surface area contributed by atoms with Gasteiger partial charge in [0.05, 0.1) is 39.1 Å². The van der Waals surface area contributed by atoms with Crippen molar-refractivity contribution in [3.8, 4) is 0 Å². The third-order valence-electron chi connectivity index (χ3n) is 0.672. The van der Waals surface area contributed by atoms with Crippen molar-refractivity contribution >= 4 is 0 Å². The molecule has 0 aliphatic carbocycles. The lowest BCUT2D eigenvalue weighted by Crippen LogP contribution is -2.03. The molecule has 2 aliphatic heterocycles. The molecule has 4 heteroatoms. The summed E-state index contributed by atoms with van der Waals surface area (Å²) < 4.78 is 9.00. The Bertz CT molecular complexity index is 59.3. The summed E-state index contributed by atoms with van der Waals surface area (Å²) in [6.07, 6.45) is -0.560. The van der Waals surface area contributed by atoms with Crippen molar-refractivity contribution < 1.29 is 19.7 Å². The summed E-state index contributed by atoms with van der Waals surface area (Å²) in [6.45, 7) is 5.39. The van der Waals surface area contributed by atoms with Crippen LogP contribution in [-0.4, -0.2) is 49.4 Å². The van der Waals surface area contributed by atoms with Crippen molar-refractivity contribution in [2.24, 2.45) is 0 Å². The molecule has 2 rings (SSSR count). The second kappa shape index (κ2) is 7.94. The van der Waals surface area contributed by atoms with Crippen molar-refractivity contribution in [1.82, 2.24) is 0 Å². The molecule has 1 unspecified atom stereocenters. The number of hydrogen-bond acceptors (Lipinski definition) is 4. The Morgan fingerprint density at radius 2 is 1.36 bits per heavy atom. The lowest BCUT2D eigenvalue weighted by Gasteiger charge is -1.90. The van der Waals surface area contributed by atoms with E-state index in [9.17, 15) is 0 Å². The van der Waals surface area contributed by atoms with Crippen molar-refractivity contribution in [3.63, 3.8) is 0 Å². The van der Waals surface area contributed by atoms with Crippen LogP contribution in [0.5, 0.6) is 0 Å². The Kier molecular flexibility index (Phi) is 7.83. The summed E-state index contributed by atoms with van der Waals surface area (Å²) in [5, 5.41) is 16.0. The Balaban J connectivity index is 0.000000142. The minimum absolute atomic E-state index is 0.139. The summed E-state index contributed by atoms with van der Waals surface area (Å²) in [6, 6.07) is 0. The lowest BCUT2D eigenvalue weighted by molar-refractivity contribution is 0.110. The van der Waals surface area contributed by atoms with Gasteiger partial charge in [0.15, 0.2) is 0 Å². The van der Waals surface area contributed by atoms with E-state index in [-0.39, 0.29) is 6.61 Å². The van der Waals surface area contributed by atoms with E-state index in [0.717, 1.165) is 26.4 Å². The fourth-order valence-electron chi connectivity index (χ4n) is 0. The number of hydrogen-bond donors (Lipinski definition) is 2. The van der Waals surface area contributed by atoms with Crippen LogP contribution in [0.1, 0.15) is 6.92 Å². The Morgan fingerprint density at radius 1 is 1.18 bits per heavy atom. The molecule has 0 saturated carbocycles. The highest BCUT2D eigenvalue weighted by Crippen LogP contribution is 1.85. The number of epoxide rings is 2. The minimum Gasteiger partial charge on any atom is -0.394 e. The quantitative estimate of drug-likeness (QED) is 0.507. The molecule has 68 valence electrons. The van der Waals surface area contributed by atoms with Crippen molar-refractivity contribution in [2.75, 3.05) is 33.0 Å². The predicted octanol–water partition coefficient (Wildman–Crippen LogP) is -0.607. The van der Waals surface area contributed by atoms with Crippen LogP contribution in [0.25, 0.3) is 0 Å². The van der Waals surface area contributed by atoms with Gasteiger partial charge in [-0.25, -0.2) is 0 Å². The van der Waals surface area contributed by atoms with Gasteiger partial charge in [0.1, 0.15) is 0 Å². The van der Waals surface area contributed by atoms with E-state index in [1.165, 1.54) is 6.92 Å². The number of aliphatic hydroxyl groups is 2. The van der Waals surface area contributed by atoms with Gasteiger partial charge in [-0.2, -0.15) is 0 Å². The summed E-state index contributed by atoms with van der Waals surface area (Å²) in [7, 11) is 0. The van der Waals surface area contributed by atoms with Crippen LogP contribution in [0.2, 0.25) is 0 Å². The molecular formula is C7H16O4. The van der Waals surface area contributed by atoms with Gasteiger partial charge in [-0.05, 0) is 6.92 Å². The fourth-order valence-corrected chi connectivity index (χ4v) is 0. The Hall–Kier alpha value is -0.160. The summed E-state index contributed by atoms with van der Waals surface area (Å²) in [5.41, 5.74) is 0. The van der Waals surface area contributed by atoms with Crippen LogP contribution in [-0.2, 0) is 9.47 Å². The second-order valence-corrected chi connectivity index (χ2v) is 2.26. The zero-order valence-electron chi connectivity index (χ0n) is 6.82. The third kappa shape index (κ3) is 41.0. The smallest absolute Gasteiger partial charge is 0.0742 e. The van der Waals surface area contributed by atoms with Gasteiger partial charge in [0.2, 0.25) is 0 Å². The first-order valence-electron chi connectivity index (χ1n) is 3.71. The van der Waals surface area contributed by atoms with E-state index >= 15 is 0 Å². The molecule has 0 aromatic carbocycles. The Labute approximate surface area is 66.7 Å². The average molecular weight is 164 g/mol. The third-order valence-corrected chi connectivity index (χ3v) is 0.672. The van der Waals surface area contributed by atoms with Gasteiger partial charge in [0.25, 0.3) is 0 Å². The maximum atomic E-state index is 8.11. The van der Waals surface area contributed by atoms with Gasteiger partial charge in [-0.15, -0.1) is 0 Å². The van der Waals surface area contributed by atoms with Gasteiger partial charge < -0.3 is 19.7 Å². The van der Waals surface area contributed by atoms with E-state index in [1.54, 1.807) is 0 Å². The van der Waals surface area contributed by atoms with E-state index in [2.05, 4.69) is 9.47 Å². The minimum atomic E-state index is -0.560. The maximum absolute atomic E-state index is 8.11. The molecule has 2 heterocycles. The number of rotatable bonds is 1. The molecule has 0 radical (unpaired) electrons. The standard InChI is InChI=1S/C3H8O2.2C2H4O/c1-3(5)2-4;2*1-2-3-1/h3-5H,2H2,1H3;2*1-2H2. The molecule has 0 amide bonds. The highest BCUT2D eigenvalue weighted by atomic mass is 16.6. The molecule has 0 aromatic heterocycles. The first kappa shape index (κ1) is 10.8. The van der Waals surface area contributed by atoms with Crippen molar-refractivity contribution in [1.29, 1.82) is 0 Å². The SMILES string of the molecule is C1CO1.C1CO1.CC(O)CO. The maximum Gasteiger partial charge on any atom is 0.0742 e. The molecular weight excluding hydrogens is 148 g/mol. The van der Waals surface area contributed by atoms with Gasteiger partial charge in [0, 0.05) is 0 Å². The van der Waals surface area contributed by atoms with E-state index in [4.69, 9.17) is 10.2 Å². The highest BCUT2D eigenvalue weighted by Gasteiger charge is 1.94. The second-order valence-electron chi connectivity index (χ2n) is 2.26. The van der Waals surface area contributed by atoms with Crippen LogP contribution >= 0.6 is 0 Å². The zero-order chi connectivity index (χ0) is 8.53. The first-order chi connectivity index (χ1) is 5.27. The topological polar surface area (TPSA) is 65.5 Å². The zero-order valence-corrected chi connectivity index (χ0v) is 6.82. The molecule has 11 heavy (non-hydrogen) atoms. The van der Waals surface area contributed by atoms with Crippen LogP contribution in [0.15, 0.2) is 0 Å². The molecule has 4 nitrogen and oxygen atoms in total. The molecule has 2 saturated heterocycles. The average Bonchev–Trinajstić information content (AvgIpc) is 2.74. The molecule has 0 bridgehead atoms. The summed E-state index contributed by atoms with van der Waals surface area (Å²) in [4.78, 5) is 0. The summed E-state index contributed by atoms with van der Waals surface area (Å²) >= 11 is 0. The van der Waals surface area contributed by atoms with Gasteiger partial charge in [-0.3, -0.25) is 0 Å². The van der Waals surface area contributed by atoms with Crippen LogP contribution in [0.3, 0.4) is 0 Å².